The summed E-state index contributed by atoms with van der Waals surface area (Å²) in [4.78, 5) is 66.9. The number of carbonyl (C=O) groups excluding carboxylic acids is 3. The van der Waals surface area contributed by atoms with E-state index in [1.807, 2.05) is 146 Å². The molecular weight excluding hydrogens is 907 g/mol. The standard InChI is InChI=1S/C55H45N5O7S2/c1-36(2)52(65)66-33-37-34-68-50-46(49(62)60(50)47(37)51(63)64)57-48(61)45(59-67-55(41-27-15-6-16-28-41,42-29-17-7-18-30-42)43-31-19-8-20-32-43)44-35-69-53(56-44)58-54(38-21-9-3-10-22-38,39-23-11-4-12-24-39)40-25-13-5-14-26-40/h3-32,35,46,50H,1,33-34H2,2H3,(H,56,58)(H,57,61)(H,63,64)/b59-45-/t46-,50-/m1/s1. The van der Waals surface area contributed by atoms with E-state index >= 15 is 4.79 Å². The van der Waals surface area contributed by atoms with Gasteiger partial charge in [-0.2, -0.15) is 0 Å². The fourth-order valence-electron chi connectivity index (χ4n) is 8.66. The molecule has 344 valence electrons. The lowest BCUT2D eigenvalue weighted by atomic mass is 9.77. The smallest absolute Gasteiger partial charge is 0.352 e. The molecule has 0 unspecified atom stereocenters. The van der Waals surface area contributed by atoms with Gasteiger partial charge in [-0.1, -0.05) is 194 Å². The number of nitrogens with zero attached hydrogens (tertiary/aromatic N) is 3. The quantitative estimate of drug-likeness (QED) is 0.0201. The summed E-state index contributed by atoms with van der Waals surface area (Å²) in [5, 5.41) is 23.1. The molecule has 9 rings (SSSR count). The highest BCUT2D eigenvalue weighted by molar-refractivity contribution is 8.00. The molecule has 1 saturated heterocycles. The van der Waals surface area contributed by atoms with Crippen LogP contribution in [0.4, 0.5) is 5.13 Å². The molecule has 14 heteroatoms. The largest absolute Gasteiger partial charge is 0.477 e. The van der Waals surface area contributed by atoms with Crippen molar-refractivity contribution >= 4 is 57.7 Å². The summed E-state index contributed by atoms with van der Waals surface area (Å²) < 4.78 is 5.27. The van der Waals surface area contributed by atoms with E-state index in [1.165, 1.54) is 30.0 Å². The number of thiazole rings is 1. The summed E-state index contributed by atoms with van der Waals surface area (Å²) in [7, 11) is 0. The van der Waals surface area contributed by atoms with E-state index in [4.69, 9.17) is 19.7 Å². The summed E-state index contributed by atoms with van der Waals surface area (Å²) in [5.41, 5.74) is 2.69. The van der Waals surface area contributed by atoms with E-state index in [1.54, 1.807) is 5.38 Å². The summed E-state index contributed by atoms with van der Waals surface area (Å²) in [5.74, 6) is -3.37. The van der Waals surface area contributed by atoms with Crippen molar-refractivity contribution in [2.75, 3.05) is 17.7 Å². The number of hydrogen-bond donors (Lipinski definition) is 3. The average Bonchev–Trinajstić information content (AvgIpc) is 3.86. The highest BCUT2D eigenvalue weighted by Crippen LogP contribution is 2.44. The van der Waals surface area contributed by atoms with E-state index in [-0.39, 0.29) is 40.6 Å². The van der Waals surface area contributed by atoms with Crippen LogP contribution >= 0.6 is 23.1 Å². The second-order valence-electron chi connectivity index (χ2n) is 16.3. The van der Waals surface area contributed by atoms with Crippen molar-refractivity contribution < 1.29 is 33.9 Å². The molecule has 3 heterocycles. The normalized spacial score (nSPS) is 15.9. The highest BCUT2D eigenvalue weighted by Gasteiger charge is 2.55. The van der Waals surface area contributed by atoms with Gasteiger partial charge in [0.2, 0.25) is 5.60 Å². The van der Waals surface area contributed by atoms with E-state index in [2.05, 4.69) is 53.6 Å². The number of amides is 2. The van der Waals surface area contributed by atoms with Crippen LogP contribution < -0.4 is 10.6 Å². The van der Waals surface area contributed by atoms with Crippen molar-refractivity contribution in [2.45, 2.75) is 29.5 Å². The number of benzene rings is 6. The molecule has 6 aromatic carbocycles. The second-order valence-corrected chi connectivity index (χ2v) is 18.3. The first-order valence-electron chi connectivity index (χ1n) is 22.0. The molecule has 1 aromatic heterocycles. The number of ether oxygens (including phenoxy) is 1. The molecule has 2 aliphatic rings. The zero-order valence-electron chi connectivity index (χ0n) is 37.2. The second kappa shape index (κ2) is 20.0. The minimum atomic E-state index is -1.39. The monoisotopic (exact) mass is 951 g/mol. The van der Waals surface area contributed by atoms with Gasteiger partial charge < -0.3 is 25.3 Å². The summed E-state index contributed by atoms with van der Waals surface area (Å²) in [6, 6.07) is 57.7. The SMILES string of the molecule is C=C(C)C(=O)OCC1=C(C(=O)O)N2C(=O)[C@@H](NC(=O)/C(=N\OC(c3ccccc3)(c3ccccc3)c3ccccc3)c3csc(NC(c4ccccc4)(c4ccccc4)c4ccccc4)n3)[C@H]2SC1. The molecule has 2 atom stereocenters. The first-order valence-corrected chi connectivity index (χ1v) is 23.9. The number of rotatable bonds is 17. The molecule has 0 saturated carbocycles. The van der Waals surface area contributed by atoms with Gasteiger partial charge in [0, 0.05) is 39.0 Å². The number of anilines is 1. The molecule has 0 bridgehead atoms. The molecule has 1 fully saturated rings. The van der Waals surface area contributed by atoms with Crippen molar-refractivity contribution in [1.82, 2.24) is 15.2 Å². The summed E-state index contributed by atoms with van der Waals surface area (Å²) in [6.07, 6.45) is 0. The third kappa shape index (κ3) is 8.95. The third-order valence-electron chi connectivity index (χ3n) is 12.0. The number of esters is 1. The molecule has 0 aliphatic carbocycles. The number of carboxylic acid groups (broad SMARTS) is 1. The summed E-state index contributed by atoms with van der Waals surface area (Å²) in [6.45, 7) is 4.72. The number of aromatic nitrogens is 1. The van der Waals surface area contributed by atoms with Crippen molar-refractivity contribution in [2.24, 2.45) is 5.16 Å². The maximum Gasteiger partial charge on any atom is 0.352 e. The number of aliphatic carboxylic acids is 1. The molecular formula is C55H45N5O7S2. The van der Waals surface area contributed by atoms with Crippen LogP contribution in [0.2, 0.25) is 0 Å². The van der Waals surface area contributed by atoms with Crippen LogP contribution in [0.3, 0.4) is 0 Å². The minimum Gasteiger partial charge on any atom is -0.477 e. The van der Waals surface area contributed by atoms with Crippen LogP contribution in [0.15, 0.2) is 216 Å². The Labute approximate surface area is 407 Å². The Hall–Kier alpha value is -8.07. The van der Waals surface area contributed by atoms with Gasteiger partial charge >= 0.3 is 11.9 Å². The Bertz CT molecular complexity index is 2870. The van der Waals surface area contributed by atoms with Crippen molar-refractivity contribution in [3.8, 4) is 0 Å². The zero-order valence-corrected chi connectivity index (χ0v) is 38.9. The number of carbonyl (C=O) groups is 4. The van der Waals surface area contributed by atoms with Crippen molar-refractivity contribution in [3.05, 3.63) is 250 Å². The van der Waals surface area contributed by atoms with Crippen LogP contribution in [0.5, 0.6) is 0 Å². The zero-order chi connectivity index (χ0) is 48.0. The van der Waals surface area contributed by atoms with E-state index in [9.17, 15) is 19.5 Å². The van der Waals surface area contributed by atoms with Crippen LogP contribution in [0.25, 0.3) is 0 Å². The lowest BCUT2D eigenvalue weighted by Crippen LogP contribution is -2.71. The van der Waals surface area contributed by atoms with Crippen LogP contribution in [0.1, 0.15) is 46.0 Å². The van der Waals surface area contributed by atoms with Gasteiger partial charge in [0.1, 0.15) is 35.0 Å². The Balaban J connectivity index is 1.14. The van der Waals surface area contributed by atoms with Crippen LogP contribution in [-0.2, 0) is 39.9 Å². The Morgan fingerprint density at radius 2 is 1.19 bits per heavy atom. The van der Waals surface area contributed by atoms with E-state index in [0.717, 1.165) is 38.3 Å². The fourth-order valence-corrected chi connectivity index (χ4v) is 10.7. The molecule has 7 aromatic rings. The first-order chi connectivity index (χ1) is 33.6. The molecule has 0 radical (unpaired) electrons. The van der Waals surface area contributed by atoms with Gasteiger partial charge in [-0.05, 0) is 23.6 Å². The van der Waals surface area contributed by atoms with Gasteiger partial charge in [-0.15, -0.1) is 23.1 Å². The Morgan fingerprint density at radius 3 is 1.62 bits per heavy atom. The first kappa shape index (κ1) is 46.1. The van der Waals surface area contributed by atoms with Gasteiger partial charge in [-0.3, -0.25) is 14.5 Å². The molecule has 12 nitrogen and oxygen atoms in total. The van der Waals surface area contributed by atoms with Gasteiger partial charge in [0.25, 0.3) is 11.8 Å². The maximum absolute atomic E-state index is 15.0. The fraction of sp³-hybridized carbons (Fsp3) is 0.127. The number of fused-ring (bicyclic) bond motifs is 1. The molecule has 3 N–H and O–H groups in total. The highest BCUT2D eigenvalue weighted by atomic mass is 32.2. The Morgan fingerprint density at radius 1 is 0.739 bits per heavy atom. The molecule has 69 heavy (non-hydrogen) atoms. The topological polar surface area (TPSA) is 160 Å². The molecule has 2 aliphatic heterocycles. The number of β-lactam (4-membered cyclic amide) rings is 1. The predicted octanol–water partition coefficient (Wildman–Crippen LogP) is 9.12. The average molecular weight is 952 g/mol. The van der Waals surface area contributed by atoms with Crippen molar-refractivity contribution in [1.29, 1.82) is 0 Å². The van der Waals surface area contributed by atoms with Gasteiger partial charge in [0.05, 0.1) is 0 Å². The Kier molecular flexibility index (Phi) is 13.4. The number of hydrogen-bond acceptors (Lipinski definition) is 11. The molecule has 2 amide bonds. The number of oxime groups is 1. The number of carboxylic acids is 1. The predicted molar refractivity (Wildman–Crippen MR) is 267 cm³/mol. The summed E-state index contributed by atoms with van der Waals surface area (Å²) >= 11 is 2.51. The van der Waals surface area contributed by atoms with E-state index in [0.29, 0.717) is 5.13 Å². The number of thioether (sulfide) groups is 1. The van der Waals surface area contributed by atoms with E-state index < -0.39 is 46.3 Å². The lowest BCUT2D eigenvalue weighted by Gasteiger charge is -2.49. The number of nitrogens with one attached hydrogen (secondary N) is 2. The third-order valence-corrected chi connectivity index (χ3v) is 14.1. The molecule has 0 spiro atoms. The minimum absolute atomic E-state index is 0.122. The maximum atomic E-state index is 15.0. The van der Waals surface area contributed by atoms with Crippen LogP contribution in [0, 0.1) is 0 Å². The van der Waals surface area contributed by atoms with Gasteiger partial charge in [0.15, 0.2) is 10.8 Å². The van der Waals surface area contributed by atoms with Crippen molar-refractivity contribution in [3.63, 3.8) is 0 Å². The van der Waals surface area contributed by atoms with Crippen LogP contribution in [-0.4, -0.2) is 68.2 Å². The van der Waals surface area contributed by atoms with Gasteiger partial charge in [-0.25, -0.2) is 14.6 Å². The lowest BCUT2D eigenvalue weighted by molar-refractivity contribution is -0.150.